The summed E-state index contributed by atoms with van der Waals surface area (Å²) in [5, 5.41) is 14.7. The van der Waals surface area contributed by atoms with Gasteiger partial charge in [0.25, 0.3) is 11.8 Å². The Kier molecular flexibility index (Phi) is 3.98. The van der Waals surface area contributed by atoms with Crippen LogP contribution in [0.2, 0.25) is 0 Å². The predicted molar refractivity (Wildman–Crippen MR) is 94.7 cm³/mol. The first-order chi connectivity index (χ1) is 12.9. The fourth-order valence-electron chi connectivity index (χ4n) is 3.31. The molecule has 0 radical (unpaired) electrons. The van der Waals surface area contributed by atoms with E-state index in [0.717, 1.165) is 5.69 Å². The lowest BCUT2D eigenvalue weighted by Crippen LogP contribution is -2.37. The van der Waals surface area contributed by atoms with Crippen molar-refractivity contribution in [2.24, 2.45) is 5.73 Å². The highest BCUT2D eigenvalue weighted by Gasteiger charge is 2.42. The molecular formula is C19H18N4O4. The topological polar surface area (TPSA) is 111 Å². The van der Waals surface area contributed by atoms with Crippen LogP contribution >= 0.6 is 0 Å². The van der Waals surface area contributed by atoms with Gasteiger partial charge in [-0.1, -0.05) is 17.9 Å². The number of hydrogen-bond donors (Lipinski definition) is 2. The lowest BCUT2D eigenvalue weighted by molar-refractivity contribution is -0.137. The van der Waals surface area contributed by atoms with E-state index in [2.05, 4.69) is 16.9 Å². The number of aliphatic hydroxyl groups is 1. The first kappa shape index (κ1) is 17.3. The quantitative estimate of drug-likeness (QED) is 0.724. The molecule has 1 saturated heterocycles. The van der Waals surface area contributed by atoms with Crippen molar-refractivity contribution in [2.75, 3.05) is 13.6 Å². The summed E-state index contributed by atoms with van der Waals surface area (Å²) in [6, 6.07) is 7.17. The van der Waals surface area contributed by atoms with Crippen molar-refractivity contribution in [3.63, 3.8) is 0 Å². The average molecular weight is 366 g/mol. The molecule has 2 aromatic rings. The standard InChI is InChI=1S/C19H18N4O4/c1-22-8-7-19(26,18(22)25)6-5-12-3-2-4-13(9-12)23-15-11-27-10-14(15)16(21-23)17(20)24/h2-4,9,26H,7-8,10-11H2,1H3,(H2,20,24). The summed E-state index contributed by atoms with van der Waals surface area (Å²) in [5.41, 5.74) is 6.75. The van der Waals surface area contributed by atoms with Crippen LogP contribution in [0.3, 0.4) is 0 Å². The summed E-state index contributed by atoms with van der Waals surface area (Å²) >= 11 is 0. The number of amides is 2. The van der Waals surface area contributed by atoms with Crippen LogP contribution in [0.25, 0.3) is 5.69 Å². The van der Waals surface area contributed by atoms with Crippen LogP contribution in [0.4, 0.5) is 0 Å². The summed E-state index contributed by atoms with van der Waals surface area (Å²) in [7, 11) is 1.64. The second-order valence-corrected chi connectivity index (χ2v) is 6.68. The fraction of sp³-hybridized carbons (Fsp3) is 0.316. The minimum Gasteiger partial charge on any atom is -0.370 e. The molecule has 138 valence electrons. The lowest BCUT2D eigenvalue weighted by Gasteiger charge is -2.13. The smallest absolute Gasteiger partial charge is 0.269 e. The molecule has 8 heteroatoms. The maximum Gasteiger partial charge on any atom is 0.269 e. The fourth-order valence-corrected chi connectivity index (χ4v) is 3.31. The van der Waals surface area contributed by atoms with Gasteiger partial charge in [0, 0.05) is 31.1 Å². The molecule has 0 saturated carbocycles. The van der Waals surface area contributed by atoms with Crippen LogP contribution in [0.5, 0.6) is 0 Å². The van der Waals surface area contributed by atoms with Crippen molar-refractivity contribution in [3.05, 3.63) is 46.8 Å². The summed E-state index contributed by atoms with van der Waals surface area (Å²) in [6.07, 6.45) is 0.279. The molecule has 3 N–H and O–H groups in total. The molecule has 1 atom stereocenters. The van der Waals surface area contributed by atoms with Crippen LogP contribution in [0.1, 0.15) is 33.7 Å². The Morgan fingerprint density at radius 3 is 2.93 bits per heavy atom. The number of ether oxygens (including phenoxy) is 1. The number of rotatable bonds is 2. The summed E-state index contributed by atoms with van der Waals surface area (Å²) in [5.74, 6) is 4.58. The van der Waals surface area contributed by atoms with Crippen LogP contribution in [-0.2, 0) is 22.7 Å². The van der Waals surface area contributed by atoms with Crippen LogP contribution in [0.15, 0.2) is 24.3 Å². The highest BCUT2D eigenvalue weighted by Crippen LogP contribution is 2.26. The number of aromatic nitrogens is 2. The Balaban J connectivity index is 1.70. The molecule has 2 aliphatic heterocycles. The zero-order valence-electron chi connectivity index (χ0n) is 14.7. The SMILES string of the molecule is CN1CCC(O)(C#Cc2cccc(-n3nc(C(N)=O)c4c3COC4)c2)C1=O. The number of carbonyl (C=O) groups is 2. The molecule has 4 rings (SSSR count). The van der Waals surface area contributed by atoms with E-state index >= 15 is 0 Å². The van der Waals surface area contributed by atoms with E-state index in [9.17, 15) is 14.7 Å². The molecule has 0 bridgehead atoms. The minimum absolute atomic E-state index is 0.202. The Morgan fingerprint density at radius 1 is 1.41 bits per heavy atom. The van der Waals surface area contributed by atoms with E-state index in [1.54, 1.807) is 29.9 Å². The number of benzene rings is 1. The number of likely N-dealkylation sites (tertiary alicyclic amines) is 1. The Hall–Kier alpha value is -3.15. The summed E-state index contributed by atoms with van der Waals surface area (Å²) in [4.78, 5) is 25.1. The Morgan fingerprint density at radius 2 is 2.22 bits per heavy atom. The molecule has 1 fully saturated rings. The summed E-state index contributed by atoms with van der Waals surface area (Å²) in [6.45, 7) is 1.11. The van der Waals surface area contributed by atoms with Gasteiger partial charge in [-0.3, -0.25) is 9.59 Å². The zero-order chi connectivity index (χ0) is 19.2. The van der Waals surface area contributed by atoms with E-state index in [4.69, 9.17) is 10.5 Å². The van der Waals surface area contributed by atoms with E-state index in [-0.39, 0.29) is 18.0 Å². The van der Waals surface area contributed by atoms with Gasteiger partial charge in [-0.2, -0.15) is 5.10 Å². The first-order valence-electron chi connectivity index (χ1n) is 8.49. The number of primary amides is 1. The van der Waals surface area contributed by atoms with Gasteiger partial charge >= 0.3 is 0 Å². The van der Waals surface area contributed by atoms with Gasteiger partial charge in [0.15, 0.2) is 5.69 Å². The highest BCUT2D eigenvalue weighted by molar-refractivity contribution is 5.92. The van der Waals surface area contributed by atoms with Gasteiger partial charge in [0.1, 0.15) is 0 Å². The third kappa shape index (κ3) is 2.87. The predicted octanol–water partition coefficient (Wildman–Crippen LogP) is -0.0539. The highest BCUT2D eigenvalue weighted by atomic mass is 16.5. The summed E-state index contributed by atoms with van der Waals surface area (Å²) < 4.78 is 7.04. The van der Waals surface area contributed by atoms with E-state index in [0.29, 0.717) is 36.6 Å². The molecule has 2 amide bonds. The van der Waals surface area contributed by atoms with Crippen molar-refractivity contribution in [3.8, 4) is 17.5 Å². The Labute approximate surface area is 155 Å². The van der Waals surface area contributed by atoms with Crippen LogP contribution < -0.4 is 5.73 Å². The monoisotopic (exact) mass is 366 g/mol. The van der Waals surface area contributed by atoms with E-state index < -0.39 is 11.5 Å². The van der Waals surface area contributed by atoms with Gasteiger partial charge in [-0.05, 0) is 18.2 Å². The molecule has 27 heavy (non-hydrogen) atoms. The van der Waals surface area contributed by atoms with Crippen molar-refractivity contribution < 1.29 is 19.4 Å². The number of nitrogens with zero attached hydrogens (tertiary/aromatic N) is 3. The first-order valence-corrected chi connectivity index (χ1v) is 8.49. The molecule has 0 aliphatic carbocycles. The average Bonchev–Trinajstić information content (AvgIpc) is 3.32. The van der Waals surface area contributed by atoms with Crippen LogP contribution in [0, 0.1) is 11.8 Å². The third-order valence-electron chi connectivity index (χ3n) is 4.82. The van der Waals surface area contributed by atoms with Gasteiger partial charge in [-0.25, -0.2) is 4.68 Å². The number of fused-ring (bicyclic) bond motifs is 1. The van der Waals surface area contributed by atoms with Crippen molar-refractivity contribution in [1.82, 2.24) is 14.7 Å². The Bertz CT molecular complexity index is 1020. The maximum absolute atomic E-state index is 12.0. The van der Waals surface area contributed by atoms with Gasteiger partial charge in [0.2, 0.25) is 5.60 Å². The number of nitrogens with two attached hydrogens (primary N) is 1. The van der Waals surface area contributed by atoms with E-state index in [1.807, 2.05) is 6.07 Å². The molecule has 8 nitrogen and oxygen atoms in total. The molecule has 1 unspecified atom stereocenters. The zero-order valence-corrected chi connectivity index (χ0v) is 14.7. The van der Waals surface area contributed by atoms with Crippen molar-refractivity contribution >= 4 is 11.8 Å². The van der Waals surface area contributed by atoms with Crippen LogP contribution in [-0.4, -0.2) is 50.8 Å². The minimum atomic E-state index is -1.65. The third-order valence-corrected chi connectivity index (χ3v) is 4.82. The number of carbonyl (C=O) groups excluding carboxylic acids is 2. The van der Waals surface area contributed by atoms with Gasteiger partial charge < -0.3 is 20.5 Å². The number of hydrogen-bond acceptors (Lipinski definition) is 5. The van der Waals surface area contributed by atoms with Crippen molar-refractivity contribution in [2.45, 2.75) is 25.2 Å². The normalized spacial score (nSPS) is 21.1. The van der Waals surface area contributed by atoms with Crippen molar-refractivity contribution in [1.29, 1.82) is 0 Å². The number of likely N-dealkylation sites (N-methyl/N-ethyl adjacent to an activating group) is 1. The van der Waals surface area contributed by atoms with E-state index in [1.165, 1.54) is 4.90 Å². The molecule has 3 heterocycles. The molecule has 2 aliphatic rings. The second-order valence-electron chi connectivity index (χ2n) is 6.68. The van der Waals surface area contributed by atoms with Gasteiger partial charge in [0.05, 0.1) is 24.6 Å². The molecule has 0 spiro atoms. The lowest BCUT2D eigenvalue weighted by atomic mass is 10.0. The maximum atomic E-state index is 12.0. The molecule has 1 aromatic carbocycles. The molecule has 1 aromatic heterocycles. The van der Waals surface area contributed by atoms with Gasteiger partial charge in [-0.15, -0.1) is 0 Å². The largest absolute Gasteiger partial charge is 0.370 e. The molecular weight excluding hydrogens is 348 g/mol. The second kappa shape index (κ2) is 6.23.